The number of nitrogens with one attached hydrogen (secondary N) is 2. The average molecular weight is 570 g/mol. The minimum absolute atomic E-state index is 0.221. The lowest BCUT2D eigenvalue weighted by molar-refractivity contribution is 0.229. The maximum Gasteiger partial charge on any atom is 0.224 e. The molecule has 0 amide bonds. The summed E-state index contributed by atoms with van der Waals surface area (Å²) in [5, 5.41) is 27.2. The average Bonchev–Trinajstić information content (AvgIpc) is 3.42. The maximum atomic E-state index is 13.6. The van der Waals surface area contributed by atoms with Crippen molar-refractivity contribution in [2.45, 2.75) is 32.2 Å². The standard InChI is InChI=1S/C31H32FN7OS/c1-17-28(30-37-25-4-2-3-5-27(25)41-30)29(36-21-8-6-18(10-21)16-40)38-31(35-17)34-13-22-23-14-39(15-24(22)23)26-9-7-20(32)11-19(26)12-33/h2-5,7,9,11,18,21-24,40H,6,8,10,13-16H2,1H3,(H2,34,35,36,38). The van der Waals surface area contributed by atoms with E-state index in [4.69, 9.17) is 15.0 Å². The van der Waals surface area contributed by atoms with Crippen LogP contribution in [0.15, 0.2) is 42.5 Å². The molecule has 3 heterocycles. The number of nitrogens with zero attached hydrogens (tertiary/aromatic N) is 5. The molecule has 1 saturated heterocycles. The Bertz CT molecular complexity index is 1610. The van der Waals surface area contributed by atoms with Crippen LogP contribution in [-0.4, -0.2) is 52.3 Å². The molecule has 41 heavy (non-hydrogen) atoms. The second-order valence-corrected chi connectivity index (χ2v) is 12.6. The van der Waals surface area contributed by atoms with Crippen molar-refractivity contribution in [3.05, 3.63) is 59.5 Å². The lowest BCUT2D eigenvalue weighted by Gasteiger charge is -2.23. The maximum absolute atomic E-state index is 13.6. The number of aliphatic hydroxyl groups excluding tert-OH is 1. The monoisotopic (exact) mass is 569 g/mol. The summed E-state index contributed by atoms with van der Waals surface area (Å²) in [4.78, 5) is 16.9. The molecule has 3 N–H and O–H groups in total. The molecule has 10 heteroatoms. The van der Waals surface area contributed by atoms with E-state index in [2.05, 4.69) is 27.7 Å². The smallest absolute Gasteiger partial charge is 0.224 e. The van der Waals surface area contributed by atoms with Gasteiger partial charge in [0.1, 0.15) is 22.7 Å². The topological polar surface area (TPSA) is 110 Å². The molecule has 2 saturated carbocycles. The molecule has 4 aromatic rings. The van der Waals surface area contributed by atoms with Gasteiger partial charge in [-0.1, -0.05) is 12.1 Å². The number of piperidine rings is 1. The first-order chi connectivity index (χ1) is 20.0. The number of thiazole rings is 1. The van der Waals surface area contributed by atoms with Crippen LogP contribution in [0.5, 0.6) is 0 Å². The predicted molar refractivity (Wildman–Crippen MR) is 160 cm³/mol. The Labute approximate surface area is 242 Å². The van der Waals surface area contributed by atoms with Gasteiger partial charge in [0.05, 0.1) is 32.7 Å². The zero-order chi connectivity index (χ0) is 28.1. The summed E-state index contributed by atoms with van der Waals surface area (Å²) >= 11 is 1.65. The van der Waals surface area contributed by atoms with E-state index in [0.717, 1.165) is 76.9 Å². The van der Waals surface area contributed by atoms with E-state index in [1.54, 1.807) is 17.4 Å². The van der Waals surface area contributed by atoms with Gasteiger partial charge in [0.2, 0.25) is 5.95 Å². The van der Waals surface area contributed by atoms with Gasteiger partial charge in [-0.3, -0.25) is 0 Å². The molecule has 0 bridgehead atoms. The molecule has 1 aliphatic heterocycles. The first-order valence-electron chi connectivity index (χ1n) is 14.3. The van der Waals surface area contributed by atoms with Gasteiger partial charge in [0.25, 0.3) is 0 Å². The van der Waals surface area contributed by atoms with Crippen molar-refractivity contribution in [2.75, 3.05) is 41.8 Å². The highest BCUT2D eigenvalue weighted by atomic mass is 32.1. The molecule has 8 nitrogen and oxygen atoms in total. The molecular weight excluding hydrogens is 537 g/mol. The van der Waals surface area contributed by atoms with Crippen LogP contribution in [-0.2, 0) is 0 Å². The second-order valence-electron chi connectivity index (χ2n) is 11.6. The van der Waals surface area contributed by atoms with Crippen molar-refractivity contribution in [1.29, 1.82) is 5.26 Å². The van der Waals surface area contributed by atoms with E-state index >= 15 is 0 Å². The summed E-state index contributed by atoms with van der Waals surface area (Å²) < 4.78 is 14.7. The van der Waals surface area contributed by atoms with Gasteiger partial charge in [-0.2, -0.15) is 10.2 Å². The molecule has 3 aliphatic rings. The summed E-state index contributed by atoms with van der Waals surface area (Å²) in [5.74, 6) is 2.94. The molecule has 2 aliphatic carbocycles. The van der Waals surface area contributed by atoms with Gasteiger partial charge in [-0.15, -0.1) is 11.3 Å². The van der Waals surface area contributed by atoms with Gasteiger partial charge in [-0.05, 0) is 80.2 Å². The Morgan fingerprint density at radius 2 is 1.95 bits per heavy atom. The molecule has 210 valence electrons. The summed E-state index contributed by atoms with van der Waals surface area (Å²) in [5.41, 5.74) is 4.01. The van der Waals surface area contributed by atoms with Crippen LogP contribution in [0.2, 0.25) is 0 Å². The number of rotatable bonds is 8. The highest BCUT2D eigenvalue weighted by Crippen LogP contribution is 2.52. The van der Waals surface area contributed by atoms with Crippen LogP contribution in [0.3, 0.4) is 0 Å². The summed E-state index contributed by atoms with van der Waals surface area (Å²) in [7, 11) is 0. The molecule has 3 fully saturated rings. The van der Waals surface area contributed by atoms with Crippen molar-refractivity contribution in [3.63, 3.8) is 0 Å². The van der Waals surface area contributed by atoms with Gasteiger partial charge >= 0.3 is 0 Å². The van der Waals surface area contributed by atoms with Crippen LogP contribution in [0, 0.1) is 47.7 Å². The van der Waals surface area contributed by atoms with E-state index in [0.29, 0.717) is 35.2 Å². The van der Waals surface area contributed by atoms with E-state index < -0.39 is 0 Å². The van der Waals surface area contributed by atoms with Gasteiger partial charge in [0, 0.05) is 32.3 Å². The van der Waals surface area contributed by atoms with E-state index in [1.165, 1.54) is 12.1 Å². The van der Waals surface area contributed by atoms with Crippen LogP contribution < -0.4 is 15.5 Å². The Morgan fingerprint density at radius 1 is 1.12 bits per heavy atom. The van der Waals surface area contributed by atoms with Crippen LogP contribution in [0.25, 0.3) is 20.8 Å². The quantitative estimate of drug-likeness (QED) is 0.257. The van der Waals surface area contributed by atoms with Crippen molar-refractivity contribution >= 4 is 39.0 Å². The highest BCUT2D eigenvalue weighted by Gasteiger charge is 2.55. The molecule has 2 aromatic carbocycles. The SMILES string of the molecule is Cc1nc(NCC2C3CN(c4ccc(F)cc4C#N)CC23)nc(NC2CCC(CO)C2)c1-c1nc2ccccc2s1. The van der Waals surface area contributed by atoms with Crippen molar-refractivity contribution in [1.82, 2.24) is 15.0 Å². The highest BCUT2D eigenvalue weighted by molar-refractivity contribution is 7.21. The fourth-order valence-electron chi connectivity index (χ4n) is 6.79. The zero-order valence-corrected chi connectivity index (χ0v) is 23.7. The van der Waals surface area contributed by atoms with E-state index in [1.807, 2.05) is 25.1 Å². The summed E-state index contributed by atoms with van der Waals surface area (Å²) in [6.45, 7) is 4.76. The lowest BCUT2D eigenvalue weighted by Crippen LogP contribution is -2.26. The van der Waals surface area contributed by atoms with Crippen LogP contribution in [0.1, 0.15) is 30.5 Å². The number of halogens is 1. The number of fused-ring (bicyclic) bond motifs is 2. The van der Waals surface area contributed by atoms with Crippen molar-refractivity contribution < 1.29 is 9.50 Å². The lowest BCUT2D eigenvalue weighted by atomic mass is 10.1. The fourth-order valence-corrected chi connectivity index (χ4v) is 7.85. The molecule has 4 atom stereocenters. The molecule has 0 spiro atoms. The van der Waals surface area contributed by atoms with Crippen molar-refractivity contribution in [2.24, 2.45) is 23.7 Å². The van der Waals surface area contributed by atoms with Gasteiger partial charge < -0.3 is 20.6 Å². The minimum atomic E-state index is -0.379. The fraction of sp³-hybridized carbons (Fsp3) is 0.419. The summed E-state index contributed by atoms with van der Waals surface area (Å²) in [6.07, 6.45) is 2.93. The van der Waals surface area contributed by atoms with Gasteiger partial charge in [0.15, 0.2) is 0 Å². The molecule has 7 rings (SSSR count). The number of hydrogen-bond donors (Lipinski definition) is 3. The normalized spacial score (nSPS) is 24.8. The number of hydrogen-bond acceptors (Lipinski definition) is 9. The Kier molecular flexibility index (Phi) is 6.72. The number of aromatic nitrogens is 3. The zero-order valence-electron chi connectivity index (χ0n) is 22.8. The predicted octanol–water partition coefficient (Wildman–Crippen LogP) is 5.44. The summed E-state index contributed by atoms with van der Waals surface area (Å²) in [6, 6.07) is 15.0. The number of nitriles is 1. The van der Waals surface area contributed by atoms with E-state index in [-0.39, 0.29) is 18.5 Å². The number of anilines is 3. The Balaban J connectivity index is 1.08. The Hall–Kier alpha value is -3.81. The first-order valence-corrected chi connectivity index (χ1v) is 15.1. The Morgan fingerprint density at radius 3 is 2.71 bits per heavy atom. The third-order valence-corrected chi connectivity index (χ3v) is 10.1. The number of benzene rings is 2. The number of para-hydroxylation sites is 1. The van der Waals surface area contributed by atoms with E-state index in [9.17, 15) is 14.8 Å². The largest absolute Gasteiger partial charge is 0.396 e. The number of aryl methyl sites for hydroxylation is 1. The first kappa shape index (κ1) is 26.1. The van der Waals surface area contributed by atoms with Crippen molar-refractivity contribution in [3.8, 4) is 16.6 Å². The molecule has 2 aromatic heterocycles. The minimum Gasteiger partial charge on any atom is -0.396 e. The molecule has 4 unspecified atom stereocenters. The van der Waals surface area contributed by atoms with Crippen LogP contribution >= 0.6 is 11.3 Å². The third-order valence-electron chi connectivity index (χ3n) is 9.02. The number of aliphatic hydroxyl groups is 1. The molecular formula is C31H32FN7OS. The van der Waals surface area contributed by atoms with Gasteiger partial charge in [-0.25, -0.2) is 14.4 Å². The second kappa shape index (κ2) is 10.5. The van der Waals surface area contributed by atoms with Crippen LogP contribution in [0.4, 0.5) is 21.8 Å². The third kappa shape index (κ3) is 4.98. The molecule has 0 radical (unpaired) electrons.